The highest BCUT2D eigenvalue weighted by Crippen LogP contribution is 2.26. The van der Waals surface area contributed by atoms with E-state index in [1.807, 2.05) is 6.08 Å². The summed E-state index contributed by atoms with van der Waals surface area (Å²) in [5.74, 6) is -0.526. The van der Waals surface area contributed by atoms with Crippen molar-refractivity contribution in [2.24, 2.45) is 5.73 Å². The molecule has 0 aromatic heterocycles. The molecular weight excluding hydrogens is 444 g/mol. The number of rotatable bonds is 8. The monoisotopic (exact) mass is 482 g/mol. The molecule has 3 N–H and O–H groups in total. The van der Waals surface area contributed by atoms with E-state index in [4.69, 9.17) is 24.7 Å². The Kier molecular flexibility index (Phi) is 10.1. The Bertz CT molecular complexity index is 741. The Hall–Kier alpha value is -2.21. The normalized spacial score (nSPS) is 28.1. The molecule has 0 spiro atoms. The Morgan fingerprint density at radius 1 is 1.18 bits per heavy atom. The Morgan fingerprint density at radius 3 is 2.65 bits per heavy atom. The molecule has 0 aromatic carbocycles. The second kappa shape index (κ2) is 13.0. The van der Waals surface area contributed by atoms with Gasteiger partial charge in [-0.25, -0.2) is 9.59 Å². The van der Waals surface area contributed by atoms with Crippen LogP contribution in [-0.2, 0) is 28.5 Å². The van der Waals surface area contributed by atoms with Crippen LogP contribution >= 0.6 is 0 Å². The van der Waals surface area contributed by atoms with E-state index < -0.39 is 6.04 Å². The average Bonchev–Trinajstić information content (AvgIpc) is 2.83. The van der Waals surface area contributed by atoms with Crippen LogP contribution in [0.5, 0.6) is 0 Å². The zero-order chi connectivity index (χ0) is 24.5. The Morgan fingerprint density at radius 2 is 1.94 bits per heavy atom. The van der Waals surface area contributed by atoms with Crippen LogP contribution in [0.4, 0.5) is 4.79 Å². The second-order valence-electron chi connectivity index (χ2n) is 8.84. The number of hydrogen-bond donors (Lipinski definition) is 2. The molecule has 3 aliphatic rings. The predicted octanol–water partition coefficient (Wildman–Crippen LogP) is 0.0300. The predicted molar refractivity (Wildman–Crippen MR) is 123 cm³/mol. The lowest BCUT2D eigenvalue weighted by Crippen LogP contribution is -2.62. The first kappa shape index (κ1) is 26.4. The summed E-state index contributed by atoms with van der Waals surface area (Å²) < 4.78 is 21.8. The van der Waals surface area contributed by atoms with E-state index in [0.717, 1.165) is 19.4 Å². The highest BCUT2D eigenvalue weighted by molar-refractivity contribution is 5.89. The maximum atomic E-state index is 12.4. The number of piperidine rings is 1. The SMILES string of the molecule is CCOC(=O)C1=C[C@@H](N2CCC[C@H](OCCOC(=O)N3CCOCC3)C2)[C@@H](NC(C)=O)[C@@H](N)C1. The van der Waals surface area contributed by atoms with E-state index in [2.05, 4.69) is 10.2 Å². The molecule has 2 heterocycles. The number of likely N-dealkylation sites (tertiary alicyclic amines) is 1. The van der Waals surface area contributed by atoms with Crippen molar-refractivity contribution in [3.8, 4) is 0 Å². The highest BCUT2D eigenvalue weighted by Gasteiger charge is 2.39. The molecule has 1 aliphatic carbocycles. The number of hydrogen-bond acceptors (Lipinski definition) is 9. The van der Waals surface area contributed by atoms with Crippen LogP contribution in [0.15, 0.2) is 11.6 Å². The van der Waals surface area contributed by atoms with Crippen LogP contribution in [0, 0.1) is 0 Å². The van der Waals surface area contributed by atoms with Crippen molar-refractivity contribution in [2.45, 2.75) is 57.3 Å². The summed E-state index contributed by atoms with van der Waals surface area (Å²) in [6.45, 7) is 7.57. The van der Waals surface area contributed by atoms with Crippen LogP contribution in [0.25, 0.3) is 0 Å². The van der Waals surface area contributed by atoms with Gasteiger partial charge in [0, 0.05) is 38.2 Å². The van der Waals surface area contributed by atoms with Gasteiger partial charge in [0.1, 0.15) is 6.61 Å². The van der Waals surface area contributed by atoms with Gasteiger partial charge < -0.3 is 34.9 Å². The van der Waals surface area contributed by atoms with Crippen molar-refractivity contribution in [1.82, 2.24) is 15.1 Å². The van der Waals surface area contributed by atoms with Gasteiger partial charge in [-0.05, 0) is 32.7 Å². The lowest BCUT2D eigenvalue weighted by molar-refractivity contribution is -0.138. The lowest BCUT2D eigenvalue weighted by atomic mass is 9.85. The topological polar surface area (TPSA) is 133 Å². The van der Waals surface area contributed by atoms with Crippen molar-refractivity contribution < 1.29 is 33.3 Å². The minimum atomic E-state index is -0.404. The van der Waals surface area contributed by atoms with Crippen LogP contribution < -0.4 is 11.1 Å². The Labute approximate surface area is 200 Å². The van der Waals surface area contributed by atoms with Gasteiger partial charge in [-0.2, -0.15) is 0 Å². The third-order valence-corrected chi connectivity index (χ3v) is 6.33. The van der Waals surface area contributed by atoms with E-state index in [-0.39, 0.29) is 42.8 Å². The van der Waals surface area contributed by atoms with E-state index in [9.17, 15) is 14.4 Å². The molecule has 0 unspecified atom stereocenters. The van der Waals surface area contributed by atoms with Crippen molar-refractivity contribution in [3.63, 3.8) is 0 Å². The van der Waals surface area contributed by atoms with E-state index in [0.29, 0.717) is 58.1 Å². The largest absolute Gasteiger partial charge is 0.463 e. The maximum absolute atomic E-state index is 12.4. The molecule has 192 valence electrons. The first-order valence-electron chi connectivity index (χ1n) is 12.1. The number of carbonyl (C=O) groups is 3. The summed E-state index contributed by atoms with van der Waals surface area (Å²) in [6, 6.07) is -0.958. The quantitative estimate of drug-likeness (QED) is 0.363. The third-order valence-electron chi connectivity index (χ3n) is 6.33. The third kappa shape index (κ3) is 7.39. The minimum Gasteiger partial charge on any atom is -0.463 e. The van der Waals surface area contributed by atoms with Gasteiger partial charge >= 0.3 is 12.1 Å². The molecule has 2 amide bonds. The summed E-state index contributed by atoms with van der Waals surface area (Å²) in [5.41, 5.74) is 6.93. The van der Waals surface area contributed by atoms with Gasteiger partial charge in [0.15, 0.2) is 0 Å². The zero-order valence-electron chi connectivity index (χ0n) is 20.2. The smallest absolute Gasteiger partial charge is 0.409 e. The number of nitrogens with zero attached hydrogens (tertiary/aromatic N) is 2. The number of nitrogens with one attached hydrogen (secondary N) is 1. The van der Waals surface area contributed by atoms with E-state index in [1.165, 1.54) is 6.92 Å². The maximum Gasteiger partial charge on any atom is 0.409 e. The standard InChI is InChI=1S/C23H38N4O7/c1-3-32-22(29)17-13-19(24)21(25-16(2)28)20(14-17)27-6-4-5-18(15-27)33-11-12-34-23(30)26-7-9-31-10-8-26/h14,18-21H,3-13,15,24H2,1-2H3,(H,25,28)/t18-,19-,20+,21-/m0/s1. The summed E-state index contributed by atoms with van der Waals surface area (Å²) in [5, 5.41) is 2.97. The van der Waals surface area contributed by atoms with E-state index in [1.54, 1.807) is 11.8 Å². The summed E-state index contributed by atoms with van der Waals surface area (Å²) in [4.78, 5) is 40.1. The number of carbonyl (C=O) groups excluding carboxylic acids is 3. The zero-order valence-corrected chi connectivity index (χ0v) is 20.2. The first-order valence-corrected chi connectivity index (χ1v) is 12.1. The number of ether oxygens (including phenoxy) is 4. The van der Waals surface area contributed by atoms with Gasteiger partial charge in [0.25, 0.3) is 0 Å². The van der Waals surface area contributed by atoms with Crippen molar-refractivity contribution in [3.05, 3.63) is 11.6 Å². The molecule has 34 heavy (non-hydrogen) atoms. The number of esters is 1. The number of nitrogens with two attached hydrogens (primary N) is 1. The van der Waals surface area contributed by atoms with Crippen LogP contribution in [0.2, 0.25) is 0 Å². The van der Waals surface area contributed by atoms with Crippen LogP contribution in [-0.4, -0.2) is 111 Å². The summed E-state index contributed by atoms with van der Waals surface area (Å²) in [6.07, 6.45) is 3.62. The molecule has 4 atom stereocenters. The Balaban J connectivity index is 1.55. The average molecular weight is 483 g/mol. The molecule has 0 radical (unpaired) electrons. The molecule has 2 fully saturated rings. The summed E-state index contributed by atoms with van der Waals surface area (Å²) >= 11 is 0. The first-order chi connectivity index (χ1) is 16.4. The fourth-order valence-corrected chi connectivity index (χ4v) is 4.70. The van der Waals surface area contributed by atoms with Gasteiger partial charge in [-0.1, -0.05) is 6.08 Å². The van der Waals surface area contributed by atoms with Crippen molar-refractivity contribution in [2.75, 3.05) is 59.2 Å². The highest BCUT2D eigenvalue weighted by atomic mass is 16.6. The van der Waals surface area contributed by atoms with Crippen LogP contribution in [0.3, 0.4) is 0 Å². The number of morpholine rings is 1. The van der Waals surface area contributed by atoms with Gasteiger partial charge in [-0.3, -0.25) is 9.69 Å². The lowest BCUT2D eigenvalue weighted by Gasteiger charge is -2.44. The molecule has 0 saturated carbocycles. The molecule has 2 aliphatic heterocycles. The van der Waals surface area contributed by atoms with Gasteiger partial charge in [-0.15, -0.1) is 0 Å². The second-order valence-corrected chi connectivity index (χ2v) is 8.84. The molecule has 0 bridgehead atoms. The van der Waals surface area contributed by atoms with E-state index >= 15 is 0 Å². The molecule has 2 saturated heterocycles. The molecule has 11 heteroatoms. The number of amides is 2. The van der Waals surface area contributed by atoms with Crippen molar-refractivity contribution >= 4 is 18.0 Å². The fourth-order valence-electron chi connectivity index (χ4n) is 4.70. The molecule has 11 nitrogen and oxygen atoms in total. The summed E-state index contributed by atoms with van der Waals surface area (Å²) in [7, 11) is 0. The molecular formula is C23H38N4O7. The van der Waals surface area contributed by atoms with Gasteiger partial charge in [0.05, 0.1) is 44.6 Å². The molecule has 3 rings (SSSR count). The van der Waals surface area contributed by atoms with Crippen molar-refractivity contribution in [1.29, 1.82) is 0 Å². The molecule has 0 aromatic rings. The van der Waals surface area contributed by atoms with Gasteiger partial charge in [0.2, 0.25) is 5.91 Å². The fraction of sp³-hybridized carbons (Fsp3) is 0.783. The van der Waals surface area contributed by atoms with Crippen LogP contribution in [0.1, 0.15) is 33.1 Å². The minimum absolute atomic E-state index is 0.0496.